The Morgan fingerprint density at radius 2 is 1.83 bits per heavy atom. The molecule has 0 radical (unpaired) electrons. The van der Waals surface area contributed by atoms with E-state index in [1.54, 1.807) is 7.11 Å². The van der Waals surface area contributed by atoms with E-state index in [-0.39, 0.29) is 5.91 Å². The summed E-state index contributed by atoms with van der Waals surface area (Å²) < 4.78 is 0. The van der Waals surface area contributed by atoms with Crippen LogP contribution in [0.1, 0.15) is 31.7 Å². The van der Waals surface area contributed by atoms with Gasteiger partial charge in [0, 0.05) is 42.6 Å². The number of rotatable bonds is 5. The molecule has 1 aliphatic heterocycles. The number of amides is 1. The van der Waals surface area contributed by atoms with Gasteiger partial charge in [-0.15, -0.1) is 0 Å². The van der Waals surface area contributed by atoms with Crippen molar-refractivity contribution in [2.45, 2.75) is 26.2 Å². The van der Waals surface area contributed by atoms with Crippen molar-refractivity contribution in [1.29, 1.82) is 0 Å². The molecule has 2 aromatic carbocycles. The molecule has 1 aliphatic rings. The molecule has 1 fully saturated rings. The van der Waals surface area contributed by atoms with E-state index in [9.17, 15) is 4.79 Å². The van der Waals surface area contributed by atoms with Crippen molar-refractivity contribution < 1.29 is 9.63 Å². The number of likely N-dealkylation sites (tertiary alicyclic amines) is 1. The topological polar surface area (TPSA) is 54.8 Å². The Hall–Kier alpha value is -3.21. The lowest BCUT2D eigenvalue weighted by Crippen LogP contribution is -2.40. The van der Waals surface area contributed by atoms with E-state index in [0.717, 1.165) is 59.2 Å². The third kappa shape index (κ3) is 4.20. The molecule has 0 atom stereocenters. The Kier molecular flexibility index (Phi) is 6.07. The summed E-state index contributed by atoms with van der Waals surface area (Å²) in [5, 5.41) is 5.49. The van der Waals surface area contributed by atoms with Gasteiger partial charge in [0.05, 0.1) is 11.2 Å². The maximum absolute atomic E-state index is 12.0. The number of piperidine rings is 1. The minimum atomic E-state index is 0.229. The van der Waals surface area contributed by atoms with Gasteiger partial charge in [-0.2, -0.15) is 0 Å². The Morgan fingerprint density at radius 1 is 1.10 bits per heavy atom. The SMILES string of the molecule is CCC(=O)N1CCC(/C(=N\OC)c2ccc(-c3cnc4ccccc4c3)cc2)CC1. The third-order valence-electron chi connectivity index (χ3n) is 5.83. The van der Waals surface area contributed by atoms with Crippen molar-refractivity contribution in [3.8, 4) is 11.1 Å². The highest BCUT2D eigenvalue weighted by Crippen LogP contribution is 2.27. The van der Waals surface area contributed by atoms with Gasteiger partial charge >= 0.3 is 0 Å². The van der Waals surface area contributed by atoms with Gasteiger partial charge in [-0.25, -0.2) is 0 Å². The van der Waals surface area contributed by atoms with Gasteiger partial charge < -0.3 is 9.74 Å². The lowest BCUT2D eigenvalue weighted by molar-refractivity contribution is -0.131. The van der Waals surface area contributed by atoms with E-state index in [4.69, 9.17) is 4.84 Å². The first-order valence-corrected chi connectivity index (χ1v) is 10.5. The van der Waals surface area contributed by atoms with Gasteiger partial charge in [-0.3, -0.25) is 9.78 Å². The number of pyridine rings is 1. The molecule has 0 saturated carbocycles. The quantitative estimate of drug-likeness (QED) is 0.451. The summed E-state index contributed by atoms with van der Waals surface area (Å²) in [5.41, 5.74) is 5.24. The number of hydrogen-bond acceptors (Lipinski definition) is 4. The van der Waals surface area contributed by atoms with E-state index in [1.165, 1.54) is 0 Å². The van der Waals surface area contributed by atoms with Crippen molar-refractivity contribution in [3.63, 3.8) is 0 Å². The smallest absolute Gasteiger partial charge is 0.222 e. The highest BCUT2D eigenvalue weighted by molar-refractivity contribution is 6.02. The molecule has 0 aliphatic carbocycles. The molecule has 30 heavy (non-hydrogen) atoms. The molecule has 1 aromatic heterocycles. The normalized spacial score (nSPS) is 15.4. The summed E-state index contributed by atoms with van der Waals surface area (Å²) in [6, 6.07) is 18.7. The number of carbonyl (C=O) groups is 1. The second-order valence-corrected chi connectivity index (χ2v) is 7.66. The maximum Gasteiger partial charge on any atom is 0.222 e. The number of para-hydroxylation sites is 1. The van der Waals surface area contributed by atoms with Gasteiger partial charge in [0.1, 0.15) is 7.11 Å². The number of nitrogens with zero attached hydrogens (tertiary/aromatic N) is 3. The summed E-state index contributed by atoms with van der Waals surface area (Å²) in [4.78, 5) is 23.7. The van der Waals surface area contributed by atoms with Crippen LogP contribution >= 0.6 is 0 Å². The first-order chi connectivity index (χ1) is 14.7. The molecular formula is C25H27N3O2. The summed E-state index contributed by atoms with van der Waals surface area (Å²) in [6.07, 6.45) is 4.30. The van der Waals surface area contributed by atoms with Gasteiger partial charge in [0.25, 0.3) is 0 Å². The fourth-order valence-electron chi connectivity index (χ4n) is 4.15. The fraction of sp³-hybridized carbons (Fsp3) is 0.320. The van der Waals surface area contributed by atoms with Crippen LogP contribution in [0.25, 0.3) is 22.0 Å². The van der Waals surface area contributed by atoms with Crippen LogP contribution in [0.5, 0.6) is 0 Å². The third-order valence-corrected chi connectivity index (χ3v) is 5.83. The summed E-state index contributed by atoms with van der Waals surface area (Å²) in [6.45, 7) is 3.47. The molecule has 0 bridgehead atoms. The number of benzene rings is 2. The van der Waals surface area contributed by atoms with Gasteiger partial charge in [-0.1, -0.05) is 54.5 Å². The Balaban J connectivity index is 1.53. The molecule has 1 amide bonds. The number of aromatic nitrogens is 1. The molecule has 2 heterocycles. The standard InChI is InChI=1S/C25H27N3O2/c1-3-24(29)28-14-12-20(13-15-28)25(27-30-2)19-10-8-18(9-11-19)22-16-21-6-4-5-7-23(21)26-17-22/h4-11,16-17,20H,3,12-15H2,1-2H3/b27-25-. The van der Waals surface area contributed by atoms with Crippen molar-refractivity contribution in [2.24, 2.45) is 11.1 Å². The minimum absolute atomic E-state index is 0.229. The number of fused-ring (bicyclic) bond motifs is 1. The predicted octanol–water partition coefficient (Wildman–Crippen LogP) is 4.90. The second kappa shape index (κ2) is 9.08. The zero-order chi connectivity index (χ0) is 20.9. The second-order valence-electron chi connectivity index (χ2n) is 7.66. The van der Waals surface area contributed by atoms with Crippen LogP contribution in [-0.2, 0) is 9.63 Å². The zero-order valence-electron chi connectivity index (χ0n) is 17.5. The first-order valence-electron chi connectivity index (χ1n) is 10.5. The largest absolute Gasteiger partial charge is 0.399 e. The van der Waals surface area contributed by atoms with E-state index in [1.807, 2.05) is 36.2 Å². The lowest BCUT2D eigenvalue weighted by Gasteiger charge is -2.32. The number of oxime groups is 1. The molecule has 1 saturated heterocycles. The van der Waals surface area contributed by atoms with Crippen LogP contribution in [-0.4, -0.2) is 41.7 Å². The molecule has 4 rings (SSSR count). The van der Waals surface area contributed by atoms with E-state index >= 15 is 0 Å². The summed E-state index contributed by atoms with van der Waals surface area (Å²) >= 11 is 0. The lowest BCUT2D eigenvalue weighted by atomic mass is 9.87. The molecule has 0 spiro atoms. The molecule has 0 N–H and O–H groups in total. The molecule has 3 aromatic rings. The average Bonchev–Trinajstić information content (AvgIpc) is 2.82. The van der Waals surface area contributed by atoms with Crippen LogP contribution in [0.2, 0.25) is 0 Å². The van der Waals surface area contributed by atoms with Gasteiger partial charge in [0.2, 0.25) is 5.91 Å². The van der Waals surface area contributed by atoms with Crippen LogP contribution < -0.4 is 0 Å². The number of carbonyl (C=O) groups excluding carboxylic acids is 1. The summed E-state index contributed by atoms with van der Waals surface area (Å²) in [7, 11) is 1.59. The first kappa shape index (κ1) is 20.1. The van der Waals surface area contributed by atoms with Crippen molar-refractivity contribution in [2.75, 3.05) is 20.2 Å². The highest BCUT2D eigenvalue weighted by atomic mass is 16.6. The minimum Gasteiger partial charge on any atom is -0.399 e. The molecule has 0 unspecified atom stereocenters. The Morgan fingerprint density at radius 3 is 2.53 bits per heavy atom. The van der Waals surface area contributed by atoms with E-state index in [2.05, 4.69) is 46.5 Å². The fourth-order valence-corrected chi connectivity index (χ4v) is 4.15. The predicted molar refractivity (Wildman–Crippen MR) is 120 cm³/mol. The van der Waals surface area contributed by atoms with Crippen LogP contribution in [0.3, 0.4) is 0 Å². The van der Waals surface area contributed by atoms with Crippen molar-refractivity contribution >= 4 is 22.5 Å². The maximum atomic E-state index is 12.0. The van der Waals surface area contributed by atoms with E-state index in [0.29, 0.717) is 12.3 Å². The van der Waals surface area contributed by atoms with Crippen LogP contribution in [0.15, 0.2) is 65.9 Å². The van der Waals surface area contributed by atoms with Crippen LogP contribution in [0, 0.1) is 5.92 Å². The Bertz CT molecular complexity index is 1050. The molecule has 5 heteroatoms. The van der Waals surface area contributed by atoms with Crippen molar-refractivity contribution in [1.82, 2.24) is 9.88 Å². The van der Waals surface area contributed by atoms with Gasteiger partial charge in [0.15, 0.2) is 0 Å². The van der Waals surface area contributed by atoms with E-state index < -0.39 is 0 Å². The summed E-state index contributed by atoms with van der Waals surface area (Å²) in [5.74, 6) is 0.520. The highest BCUT2D eigenvalue weighted by Gasteiger charge is 2.26. The van der Waals surface area contributed by atoms with Crippen molar-refractivity contribution in [3.05, 3.63) is 66.4 Å². The monoisotopic (exact) mass is 401 g/mol. The molecule has 154 valence electrons. The van der Waals surface area contributed by atoms with Gasteiger partial charge in [-0.05, 0) is 36.1 Å². The molecule has 5 nitrogen and oxygen atoms in total. The zero-order valence-corrected chi connectivity index (χ0v) is 17.5. The van der Waals surface area contributed by atoms with Crippen LogP contribution in [0.4, 0.5) is 0 Å². The molecular weight excluding hydrogens is 374 g/mol. The Labute approximate surface area is 177 Å². The number of hydrogen-bond donors (Lipinski definition) is 0. The average molecular weight is 402 g/mol.